The first-order valence-corrected chi connectivity index (χ1v) is 5.92. The molecule has 16 heavy (non-hydrogen) atoms. The van der Waals surface area contributed by atoms with E-state index in [1.165, 1.54) is 17.7 Å². The van der Waals surface area contributed by atoms with Crippen LogP contribution in [0.5, 0.6) is 0 Å². The normalized spacial score (nSPS) is 20.4. The number of hydrogen-bond acceptors (Lipinski definition) is 3. The van der Waals surface area contributed by atoms with E-state index in [1.807, 2.05) is 6.07 Å². The van der Waals surface area contributed by atoms with Gasteiger partial charge in [0.05, 0.1) is 0 Å². The minimum Gasteiger partial charge on any atom is -0.399 e. The molecule has 1 heterocycles. The summed E-state index contributed by atoms with van der Waals surface area (Å²) in [6.45, 7) is 4.54. The Kier molecular flexibility index (Phi) is 3.34. The molecule has 2 rings (SSSR count). The molecule has 1 aliphatic heterocycles. The number of anilines is 2. The van der Waals surface area contributed by atoms with Crippen LogP contribution in [0.2, 0.25) is 0 Å². The Morgan fingerprint density at radius 1 is 1.50 bits per heavy atom. The SMILES string of the molecule is Cc1ccc(N)cc1N1CCC(CCO)C1. The third kappa shape index (κ3) is 2.30. The lowest BCUT2D eigenvalue weighted by molar-refractivity contribution is 0.263. The van der Waals surface area contributed by atoms with Crippen LogP contribution in [0.25, 0.3) is 0 Å². The van der Waals surface area contributed by atoms with Gasteiger partial charge in [-0.25, -0.2) is 0 Å². The van der Waals surface area contributed by atoms with E-state index < -0.39 is 0 Å². The van der Waals surface area contributed by atoms with E-state index in [0.717, 1.165) is 25.2 Å². The average Bonchev–Trinajstić information content (AvgIpc) is 2.71. The zero-order valence-corrected chi connectivity index (χ0v) is 9.82. The number of nitrogen functional groups attached to an aromatic ring is 1. The lowest BCUT2D eigenvalue weighted by Gasteiger charge is -2.21. The van der Waals surface area contributed by atoms with Crippen molar-refractivity contribution in [3.05, 3.63) is 23.8 Å². The number of aliphatic hydroxyl groups excluding tert-OH is 1. The molecule has 0 saturated carbocycles. The number of hydrogen-bond donors (Lipinski definition) is 2. The van der Waals surface area contributed by atoms with Crippen LogP contribution >= 0.6 is 0 Å². The first-order chi connectivity index (χ1) is 7.70. The second-order valence-corrected chi connectivity index (χ2v) is 4.66. The fourth-order valence-electron chi connectivity index (χ4n) is 2.44. The molecule has 3 heteroatoms. The molecule has 1 fully saturated rings. The van der Waals surface area contributed by atoms with Gasteiger partial charge in [-0.2, -0.15) is 0 Å². The summed E-state index contributed by atoms with van der Waals surface area (Å²) in [5.41, 5.74) is 9.17. The molecule has 88 valence electrons. The second kappa shape index (κ2) is 4.74. The van der Waals surface area contributed by atoms with Gasteiger partial charge in [-0.05, 0) is 43.4 Å². The minimum atomic E-state index is 0.300. The molecule has 3 N–H and O–H groups in total. The summed E-state index contributed by atoms with van der Waals surface area (Å²) in [5.74, 6) is 0.630. The van der Waals surface area contributed by atoms with Gasteiger partial charge >= 0.3 is 0 Å². The lowest BCUT2D eigenvalue weighted by atomic mass is 10.1. The number of aliphatic hydroxyl groups is 1. The molecule has 1 saturated heterocycles. The maximum Gasteiger partial charge on any atom is 0.0434 e. The standard InChI is InChI=1S/C13H20N2O/c1-10-2-3-12(14)8-13(10)15-6-4-11(9-15)5-7-16/h2-3,8,11,16H,4-7,9,14H2,1H3. The van der Waals surface area contributed by atoms with Gasteiger partial charge in [0, 0.05) is 31.1 Å². The molecular weight excluding hydrogens is 200 g/mol. The summed E-state index contributed by atoms with van der Waals surface area (Å²) in [7, 11) is 0. The van der Waals surface area contributed by atoms with Crippen molar-refractivity contribution >= 4 is 11.4 Å². The van der Waals surface area contributed by atoms with Crippen molar-refractivity contribution in [1.29, 1.82) is 0 Å². The highest BCUT2D eigenvalue weighted by atomic mass is 16.3. The van der Waals surface area contributed by atoms with Gasteiger partial charge in [-0.1, -0.05) is 6.07 Å². The van der Waals surface area contributed by atoms with Crippen LogP contribution < -0.4 is 10.6 Å². The molecule has 0 spiro atoms. The van der Waals surface area contributed by atoms with Crippen molar-refractivity contribution in [2.75, 3.05) is 30.3 Å². The van der Waals surface area contributed by atoms with E-state index >= 15 is 0 Å². The van der Waals surface area contributed by atoms with Crippen LogP contribution in [-0.2, 0) is 0 Å². The van der Waals surface area contributed by atoms with Gasteiger partial charge in [-0.15, -0.1) is 0 Å². The molecule has 1 unspecified atom stereocenters. The van der Waals surface area contributed by atoms with E-state index in [4.69, 9.17) is 10.8 Å². The fourth-order valence-corrected chi connectivity index (χ4v) is 2.44. The molecule has 1 atom stereocenters. The molecule has 1 aromatic carbocycles. The first kappa shape index (κ1) is 11.3. The van der Waals surface area contributed by atoms with Crippen molar-refractivity contribution in [1.82, 2.24) is 0 Å². The number of nitrogens with zero attached hydrogens (tertiary/aromatic N) is 1. The maximum absolute atomic E-state index is 8.94. The van der Waals surface area contributed by atoms with E-state index in [1.54, 1.807) is 0 Å². The lowest BCUT2D eigenvalue weighted by Crippen LogP contribution is -2.21. The van der Waals surface area contributed by atoms with Gasteiger partial charge in [0.1, 0.15) is 0 Å². The summed E-state index contributed by atoms with van der Waals surface area (Å²) in [6.07, 6.45) is 2.09. The molecule has 0 bridgehead atoms. The Labute approximate surface area is 96.9 Å². The zero-order chi connectivity index (χ0) is 11.5. The predicted octanol–water partition coefficient (Wildman–Crippen LogP) is 1.79. The van der Waals surface area contributed by atoms with Crippen molar-refractivity contribution in [3.8, 4) is 0 Å². The number of nitrogens with two attached hydrogens (primary N) is 1. The first-order valence-electron chi connectivity index (χ1n) is 5.92. The molecule has 3 nitrogen and oxygen atoms in total. The largest absolute Gasteiger partial charge is 0.399 e. The van der Waals surface area contributed by atoms with Crippen LogP contribution in [0.1, 0.15) is 18.4 Å². The van der Waals surface area contributed by atoms with E-state index in [0.29, 0.717) is 12.5 Å². The van der Waals surface area contributed by atoms with Gasteiger partial charge in [0.15, 0.2) is 0 Å². The Balaban J connectivity index is 2.11. The van der Waals surface area contributed by atoms with Gasteiger partial charge in [0.25, 0.3) is 0 Å². The Morgan fingerprint density at radius 3 is 3.06 bits per heavy atom. The second-order valence-electron chi connectivity index (χ2n) is 4.66. The van der Waals surface area contributed by atoms with Crippen LogP contribution in [0.15, 0.2) is 18.2 Å². The number of benzene rings is 1. The van der Waals surface area contributed by atoms with Gasteiger partial charge in [0.2, 0.25) is 0 Å². The highest BCUT2D eigenvalue weighted by Gasteiger charge is 2.23. The van der Waals surface area contributed by atoms with Crippen LogP contribution in [0.3, 0.4) is 0 Å². The molecule has 1 aliphatic rings. The molecule has 1 aromatic rings. The maximum atomic E-state index is 8.94. The molecule has 0 amide bonds. The van der Waals surface area contributed by atoms with E-state index in [9.17, 15) is 0 Å². The predicted molar refractivity (Wildman–Crippen MR) is 67.6 cm³/mol. The van der Waals surface area contributed by atoms with Crippen molar-refractivity contribution in [2.24, 2.45) is 5.92 Å². The van der Waals surface area contributed by atoms with Crippen LogP contribution in [0.4, 0.5) is 11.4 Å². The van der Waals surface area contributed by atoms with Crippen molar-refractivity contribution in [2.45, 2.75) is 19.8 Å². The van der Waals surface area contributed by atoms with Gasteiger partial charge in [-0.3, -0.25) is 0 Å². The summed E-state index contributed by atoms with van der Waals surface area (Å²) in [4.78, 5) is 2.38. The quantitative estimate of drug-likeness (QED) is 0.763. The summed E-state index contributed by atoms with van der Waals surface area (Å²) in [5, 5.41) is 8.94. The Bertz CT molecular complexity index is 365. The third-order valence-corrected chi connectivity index (χ3v) is 3.40. The third-order valence-electron chi connectivity index (χ3n) is 3.40. The minimum absolute atomic E-state index is 0.300. The van der Waals surface area contributed by atoms with E-state index in [2.05, 4.69) is 24.0 Å². The molecule has 0 aliphatic carbocycles. The van der Waals surface area contributed by atoms with Crippen molar-refractivity contribution < 1.29 is 5.11 Å². The molecular formula is C13H20N2O. The summed E-state index contributed by atoms with van der Waals surface area (Å²) >= 11 is 0. The van der Waals surface area contributed by atoms with E-state index in [-0.39, 0.29) is 0 Å². The highest BCUT2D eigenvalue weighted by Crippen LogP contribution is 2.29. The highest BCUT2D eigenvalue weighted by molar-refractivity contribution is 5.61. The number of rotatable bonds is 3. The average molecular weight is 220 g/mol. The zero-order valence-electron chi connectivity index (χ0n) is 9.82. The Morgan fingerprint density at radius 2 is 2.31 bits per heavy atom. The Hall–Kier alpha value is -1.22. The molecule has 0 aromatic heterocycles. The number of aryl methyl sites for hydroxylation is 1. The van der Waals surface area contributed by atoms with Gasteiger partial charge < -0.3 is 15.7 Å². The van der Waals surface area contributed by atoms with Crippen LogP contribution in [0, 0.1) is 12.8 Å². The summed E-state index contributed by atoms with van der Waals surface area (Å²) < 4.78 is 0. The monoisotopic (exact) mass is 220 g/mol. The van der Waals surface area contributed by atoms with Crippen LogP contribution in [-0.4, -0.2) is 24.8 Å². The summed E-state index contributed by atoms with van der Waals surface area (Å²) in [6, 6.07) is 6.07. The van der Waals surface area contributed by atoms with Crippen molar-refractivity contribution in [3.63, 3.8) is 0 Å². The smallest absolute Gasteiger partial charge is 0.0434 e. The topological polar surface area (TPSA) is 49.5 Å². The fraction of sp³-hybridized carbons (Fsp3) is 0.538. The molecule has 0 radical (unpaired) electrons.